The molecule has 2 heterocycles. The van der Waals surface area contributed by atoms with Gasteiger partial charge < -0.3 is 4.90 Å². The Kier molecular flexibility index (Phi) is 2.17. The van der Waals surface area contributed by atoms with Gasteiger partial charge in [0.25, 0.3) is 0 Å². The van der Waals surface area contributed by atoms with Crippen molar-refractivity contribution in [1.82, 2.24) is 10.2 Å². The van der Waals surface area contributed by atoms with Crippen LogP contribution in [0.4, 0.5) is 5.69 Å². The second kappa shape index (κ2) is 3.44. The molecule has 0 spiro atoms. The third kappa shape index (κ3) is 1.41. The Balaban J connectivity index is 2.12. The highest BCUT2D eigenvalue weighted by Gasteiger charge is 2.29. The van der Waals surface area contributed by atoms with E-state index >= 15 is 0 Å². The Morgan fingerprint density at radius 1 is 1.44 bits per heavy atom. The molecule has 1 aromatic carbocycles. The van der Waals surface area contributed by atoms with Crippen molar-refractivity contribution in [3.8, 4) is 0 Å². The second-order valence-corrected chi connectivity index (χ2v) is 5.17. The van der Waals surface area contributed by atoms with E-state index in [0.717, 1.165) is 12.2 Å². The second-order valence-electron chi connectivity index (χ2n) is 4.01. The molecule has 0 aromatic heterocycles. The van der Waals surface area contributed by atoms with Crippen molar-refractivity contribution in [1.29, 1.82) is 0 Å². The minimum absolute atomic E-state index is 0.0268. The molecule has 1 fully saturated rings. The predicted molar refractivity (Wildman–Crippen MR) is 69.5 cm³/mol. The summed E-state index contributed by atoms with van der Waals surface area (Å²) in [5, 5.41) is 2.77. The van der Waals surface area contributed by atoms with Gasteiger partial charge >= 0.3 is 0 Å². The third-order valence-electron chi connectivity index (χ3n) is 2.97. The predicted octanol–water partition coefficient (Wildman–Crippen LogP) is 1.53. The van der Waals surface area contributed by atoms with E-state index in [2.05, 4.69) is 45.9 Å². The maximum Gasteiger partial charge on any atom is 0.246 e. The molecule has 5 heteroatoms. The summed E-state index contributed by atoms with van der Waals surface area (Å²) >= 11 is 2.32. The highest BCUT2D eigenvalue weighted by molar-refractivity contribution is 14.1. The summed E-state index contributed by atoms with van der Waals surface area (Å²) in [4.78, 5) is 17.7. The number of guanidine groups is 1. The quantitative estimate of drug-likeness (QED) is 0.735. The number of carbonyl (C=O) groups is 1. The van der Waals surface area contributed by atoms with Crippen LogP contribution in [-0.4, -0.2) is 23.3 Å². The first-order valence-electron chi connectivity index (χ1n) is 5.06. The molecule has 4 nitrogen and oxygen atoms in total. The smallest absolute Gasteiger partial charge is 0.246 e. The van der Waals surface area contributed by atoms with Gasteiger partial charge in [-0.2, -0.15) is 0 Å². The van der Waals surface area contributed by atoms with Crippen LogP contribution in [0.15, 0.2) is 17.1 Å². The summed E-state index contributed by atoms with van der Waals surface area (Å²) in [6.07, 6.45) is 0. The fourth-order valence-corrected chi connectivity index (χ4v) is 2.55. The van der Waals surface area contributed by atoms with E-state index in [1.807, 2.05) is 11.0 Å². The zero-order valence-electron chi connectivity index (χ0n) is 8.75. The number of hydrogen-bond acceptors (Lipinski definition) is 3. The van der Waals surface area contributed by atoms with Gasteiger partial charge in [-0.15, -0.1) is 0 Å². The number of amides is 1. The Hall–Kier alpha value is -1.11. The average molecular weight is 327 g/mol. The molecule has 2 aliphatic rings. The Bertz CT molecular complexity index is 524. The van der Waals surface area contributed by atoms with Gasteiger partial charge in [0.2, 0.25) is 11.9 Å². The molecular weight excluding hydrogens is 317 g/mol. The number of aliphatic imine (C=N–C) groups is 1. The van der Waals surface area contributed by atoms with Crippen LogP contribution in [0.25, 0.3) is 0 Å². The van der Waals surface area contributed by atoms with Crippen molar-refractivity contribution in [2.45, 2.75) is 13.5 Å². The number of hydrogen-bond donors (Lipinski definition) is 1. The highest BCUT2D eigenvalue weighted by Crippen LogP contribution is 2.31. The van der Waals surface area contributed by atoms with Gasteiger partial charge in [0.05, 0.1) is 5.69 Å². The maximum absolute atomic E-state index is 11.3. The maximum atomic E-state index is 11.3. The topological polar surface area (TPSA) is 44.7 Å². The minimum atomic E-state index is 0.0268. The molecule has 82 valence electrons. The summed E-state index contributed by atoms with van der Waals surface area (Å²) < 4.78 is 1.24. The molecule has 1 saturated heterocycles. The van der Waals surface area contributed by atoms with Gasteiger partial charge in [0.1, 0.15) is 6.54 Å². The van der Waals surface area contributed by atoms with E-state index in [4.69, 9.17) is 0 Å². The van der Waals surface area contributed by atoms with E-state index in [1.165, 1.54) is 14.7 Å². The molecular formula is C11H10IN3O. The van der Waals surface area contributed by atoms with Gasteiger partial charge in [-0.05, 0) is 47.2 Å². The Morgan fingerprint density at radius 3 is 3.06 bits per heavy atom. The molecule has 0 unspecified atom stereocenters. The fourth-order valence-electron chi connectivity index (χ4n) is 2.04. The average Bonchev–Trinajstić information content (AvgIpc) is 2.61. The number of rotatable bonds is 0. The van der Waals surface area contributed by atoms with Gasteiger partial charge in [-0.3, -0.25) is 10.1 Å². The van der Waals surface area contributed by atoms with Crippen LogP contribution in [-0.2, 0) is 11.3 Å². The van der Waals surface area contributed by atoms with Crippen molar-refractivity contribution in [2.75, 3.05) is 6.54 Å². The molecule has 1 amide bonds. The van der Waals surface area contributed by atoms with E-state index in [0.29, 0.717) is 12.5 Å². The lowest BCUT2D eigenvalue weighted by molar-refractivity contribution is -0.118. The molecule has 0 aliphatic carbocycles. The Morgan fingerprint density at radius 2 is 2.25 bits per heavy atom. The molecule has 0 bridgehead atoms. The van der Waals surface area contributed by atoms with Crippen LogP contribution in [0.5, 0.6) is 0 Å². The number of fused-ring (bicyclic) bond motifs is 2. The van der Waals surface area contributed by atoms with Crippen LogP contribution in [0.2, 0.25) is 0 Å². The van der Waals surface area contributed by atoms with Gasteiger partial charge in [0, 0.05) is 15.7 Å². The summed E-state index contributed by atoms with van der Waals surface area (Å²) in [7, 11) is 0. The van der Waals surface area contributed by atoms with Gasteiger partial charge in [0.15, 0.2) is 0 Å². The van der Waals surface area contributed by atoms with E-state index in [1.54, 1.807) is 0 Å². The monoisotopic (exact) mass is 327 g/mol. The fraction of sp³-hybridized carbons (Fsp3) is 0.273. The van der Waals surface area contributed by atoms with Gasteiger partial charge in [-0.1, -0.05) is 0 Å². The van der Waals surface area contributed by atoms with Crippen molar-refractivity contribution in [3.63, 3.8) is 0 Å². The summed E-state index contributed by atoms with van der Waals surface area (Å²) in [5.74, 6) is 0.719. The molecule has 1 aromatic rings. The van der Waals surface area contributed by atoms with Crippen LogP contribution in [0, 0.1) is 10.5 Å². The van der Waals surface area contributed by atoms with Crippen LogP contribution in [0.3, 0.4) is 0 Å². The number of nitrogens with zero attached hydrogens (tertiary/aromatic N) is 2. The van der Waals surface area contributed by atoms with E-state index in [9.17, 15) is 4.79 Å². The molecule has 3 rings (SSSR count). The molecule has 0 saturated carbocycles. The largest absolute Gasteiger partial charge is 0.329 e. The first-order valence-corrected chi connectivity index (χ1v) is 6.14. The first-order chi connectivity index (χ1) is 7.65. The Labute approximate surface area is 107 Å². The van der Waals surface area contributed by atoms with E-state index < -0.39 is 0 Å². The zero-order valence-corrected chi connectivity index (χ0v) is 10.9. The number of halogens is 1. The summed E-state index contributed by atoms with van der Waals surface area (Å²) in [6.45, 7) is 3.30. The molecule has 2 aliphatic heterocycles. The van der Waals surface area contributed by atoms with Crippen molar-refractivity contribution in [3.05, 3.63) is 26.8 Å². The highest BCUT2D eigenvalue weighted by atomic mass is 127. The van der Waals surface area contributed by atoms with E-state index in [-0.39, 0.29) is 5.91 Å². The lowest BCUT2D eigenvalue weighted by atomic mass is 10.1. The summed E-state index contributed by atoms with van der Waals surface area (Å²) in [5.41, 5.74) is 3.47. The van der Waals surface area contributed by atoms with Crippen molar-refractivity contribution < 1.29 is 4.79 Å². The third-order valence-corrected chi connectivity index (χ3v) is 4.14. The molecule has 0 atom stereocenters. The zero-order chi connectivity index (χ0) is 11.3. The number of benzene rings is 1. The van der Waals surface area contributed by atoms with Crippen molar-refractivity contribution in [2.24, 2.45) is 4.99 Å². The molecule has 16 heavy (non-hydrogen) atoms. The molecule has 1 N–H and O–H groups in total. The van der Waals surface area contributed by atoms with Gasteiger partial charge in [-0.25, -0.2) is 4.99 Å². The minimum Gasteiger partial charge on any atom is -0.329 e. The normalized spacial score (nSPS) is 17.8. The van der Waals surface area contributed by atoms with Crippen LogP contribution in [0.1, 0.15) is 11.1 Å². The van der Waals surface area contributed by atoms with Crippen LogP contribution < -0.4 is 5.32 Å². The SMILES string of the molecule is Cc1c(I)ccc2c1CN1CC(=O)NC1=N2. The van der Waals surface area contributed by atoms with Crippen molar-refractivity contribution >= 4 is 40.1 Å². The lowest BCUT2D eigenvalue weighted by Crippen LogP contribution is -2.32. The first kappa shape index (κ1) is 10.1. The lowest BCUT2D eigenvalue weighted by Gasteiger charge is -2.24. The van der Waals surface area contributed by atoms with Crippen LogP contribution >= 0.6 is 22.6 Å². The summed E-state index contributed by atoms with van der Waals surface area (Å²) in [6, 6.07) is 4.07. The number of nitrogens with one attached hydrogen (secondary N) is 1. The number of carbonyl (C=O) groups excluding carboxylic acids is 1. The standard InChI is InChI=1S/C11H10IN3O/c1-6-7-4-15-5-10(16)14-11(15)13-9(7)3-2-8(6)12/h2-3H,4-5H2,1H3,(H,13,14,16). The molecule has 0 radical (unpaired) electrons.